The summed E-state index contributed by atoms with van der Waals surface area (Å²) in [6.45, 7) is 0. The summed E-state index contributed by atoms with van der Waals surface area (Å²) < 4.78 is 25.3. The van der Waals surface area contributed by atoms with Gasteiger partial charge in [0.2, 0.25) is 0 Å². The number of sulfone groups is 1. The van der Waals surface area contributed by atoms with Gasteiger partial charge in [0.1, 0.15) is 0 Å². The van der Waals surface area contributed by atoms with Crippen LogP contribution in [0.1, 0.15) is 0 Å². The molecule has 0 saturated carbocycles. The number of aromatic nitrogens is 2. The van der Waals surface area contributed by atoms with Gasteiger partial charge in [0.15, 0.2) is 0 Å². The SMILES string of the molecule is O=c1c2ccccc2c(S(=O)(=O)c2ccccc2)[nH+]n1O. The van der Waals surface area contributed by atoms with Gasteiger partial charge in [-0.3, -0.25) is 4.79 Å². The fraction of sp³-hybridized carbons (Fsp3) is 0. The van der Waals surface area contributed by atoms with Crippen molar-refractivity contribution in [2.24, 2.45) is 0 Å². The van der Waals surface area contributed by atoms with E-state index in [1.165, 1.54) is 24.3 Å². The third-order valence-electron chi connectivity index (χ3n) is 3.12. The third kappa shape index (κ3) is 2.07. The molecule has 0 saturated heterocycles. The van der Waals surface area contributed by atoms with Gasteiger partial charge >= 0.3 is 10.6 Å². The van der Waals surface area contributed by atoms with E-state index in [2.05, 4.69) is 5.10 Å². The fourth-order valence-corrected chi connectivity index (χ4v) is 3.54. The maximum atomic E-state index is 12.7. The number of hydrogen-bond acceptors (Lipinski definition) is 4. The van der Waals surface area contributed by atoms with E-state index in [1.54, 1.807) is 30.3 Å². The smallest absolute Gasteiger partial charge is 0.352 e. The molecule has 0 spiro atoms. The van der Waals surface area contributed by atoms with Gasteiger partial charge in [-0.2, -0.15) is 0 Å². The van der Waals surface area contributed by atoms with Crippen molar-refractivity contribution in [1.82, 2.24) is 4.85 Å². The molecule has 7 heteroatoms. The molecule has 2 N–H and O–H groups in total. The lowest BCUT2D eigenvalue weighted by Gasteiger charge is -2.03. The van der Waals surface area contributed by atoms with E-state index in [4.69, 9.17) is 0 Å². The lowest BCUT2D eigenvalue weighted by Crippen LogP contribution is -2.37. The van der Waals surface area contributed by atoms with E-state index in [-0.39, 0.29) is 25.5 Å². The van der Waals surface area contributed by atoms with Gasteiger partial charge < -0.3 is 5.21 Å². The second-order valence-corrected chi connectivity index (χ2v) is 6.31. The molecule has 0 aliphatic rings. The highest BCUT2D eigenvalue weighted by Gasteiger charge is 2.30. The first-order chi connectivity index (χ1) is 10.0. The molecule has 1 heterocycles. The quantitative estimate of drug-likeness (QED) is 0.712. The molecule has 106 valence electrons. The van der Waals surface area contributed by atoms with Gasteiger partial charge in [0.05, 0.1) is 20.5 Å². The van der Waals surface area contributed by atoms with Gasteiger partial charge in [-0.15, -0.1) is 0 Å². The monoisotopic (exact) mass is 303 g/mol. The summed E-state index contributed by atoms with van der Waals surface area (Å²) in [7, 11) is -3.88. The predicted octanol–water partition coefficient (Wildman–Crippen LogP) is 0.886. The molecule has 2 aromatic carbocycles. The van der Waals surface area contributed by atoms with Crippen LogP contribution < -0.4 is 10.7 Å². The first kappa shape index (κ1) is 13.3. The maximum Gasteiger partial charge on any atom is 0.352 e. The summed E-state index contributed by atoms with van der Waals surface area (Å²) in [5.41, 5.74) is -0.711. The molecule has 0 bridgehead atoms. The van der Waals surface area contributed by atoms with Crippen LogP contribution in [-0.2, 0) is 9.84 Å². The molecule has 0 aliphatic carbocycles. The summed E-state index contributed by atoms with van der Waals surface area (Å²) in [5, 5.41) is 11.9. The lowest BCUT2D eigenvalue weighted by molar-refractivity contribution is -0.581. The van der Waals surface area contributed by atoms with Crippen LogP contribution in [0, 0.1) is 0 Å². The molecular formula is C14H11N2O4S+. The van der Waals surface area contributed by atoms with Crippen LogP contribution in [0.3, 0.4) is 0 Å². The number of H-pyrrole nitrogens is 1. The number of benzene rings is 2. The van der Waals surface area contributed by atoms with Gasteiger partial charge in [-0.1, -0.05) is 35.4 Å². The Hall–Kier alpha value is -2.67. The topological polar surface area (TPSA) is 90.5 Å². The number of nitrogens with one attached hydrogen (secondary N) is 1. The van der Waals surface area contributed by atoms with Crippen LogP contribution in [0.5, 0.6) is 0 Å². The Labute approximate surface area is 119 Å². The summed E-state index contributed by atoms with van der Waals surface area (Å²) in [6.07, 6.45) is 0. The van der Waals surface area contributed by atoms with Crippen LogP contribution in [0.4, 0.5) is 0 Å². The van der Waals surface area contributed by atoms with E-state index >= 15 is 0 Å². The van der Waals surface area contributed by atoms with Crippen molar-refractivity contribution in [3.8, 4) is 0 Å². The minimum atomic E-state index is -3.88. The van der Waals surface area contributed by atoms with E-state index in [0.717, 1.165) is 0 Å². The largest absolute Gasteiger partial charge is 0.380 e. The summed E-state index contributed by atoms with van der Waals surface area (Å²) in [4.78, 5) is 12.1. The molecule has 0 atom stereocenters. The van der Waals surface area contributed by atoms with Crippen LogP contribution in [0.15, 0.2) is 69.3 Å². The highest BCUT2D eigenvalue weighted by atomic mass is 32.2. The molecule has 0 radical (unpaired) electrons. The van der Waals surface area contributed by atoms with Gasteiger partial charge in [-0.05, 0) is 24.3 Å². The van der Waals surface area contributed by atoms with Gasteiger partial charge in [0.25, 0.3) is 9.84 Å². The Morgan fingerprint density at radius 1 is 0.905 bits per heavy atom. The van der Waals surface area contributed by atoms with Crippen LogP contribution >= 0.6 is 0 Å². The Morgan fingerprint density at radius 2 is 1.48 bits per heavy atom. The zero-order valence-corrected chi connectivity index (χ0v) is 11.5. The van der Waals surface area contributed by atoms with Crippen LogP contribution in [-0.4, -0.2) is 18.5 Å². The van der Waals surface area contributed by atoms with Crippen molar-refractivity contribution < 1.29 is 18.7 Å². The Morgan fingerprint density at radius 3 is 2.14 bits per heavy atom. The summed E-state index contributed by atoms with van der Waals surface area (Å²) in [5.74, 6) is 0. The zero-order chi connectivity index (χ0) is 15.0. The molecule has 6 nitrogen and oxygen atoms in total. The van der Waals surface area contributed by atoms with E-state index in [0.29, 0.717) is 0 Å². The number of hydrogen-bond donors (Lipinski definition) is 1. The zero-order valence-electron chi connectivity index (χ0n) is 10.7. The van der Waals surface area contributed by atoms with Crippen molar-refractivity contribution in [3.05, 3.63) is 65.0 Å². The average molecular weight is 303 g/mol. The molecule has 3 aromatic rings. The van der Waals surface area contributed by atoms with Crippen LogP contribution in [0.25, 0.3) is 10.8 Å². The predicted molar refractivity (Wildman–Crippen MR) is 73.8 cm³/mol. The standard InChI is InChI=1S/C14H10N2O4S/c17-14-12-9-5-4-8-11(12)13(15-16(14)18)21(19,20)10-6-2-1-3-7-10/h1-9,18H/p+1. The molecule has 0 amide bonds. The fourth-order valence-electron chi connectivity index (χ4n) is 2.11. The Balaban J connectivity index is 2.42. The van der Waals surface area contributed by atoms with Gasteiger partial charge in [-0.25, -0.2) is 8.42 Å². The lowest BCUT2D eigenvalue weighted by atomic mass is 10.2. The highest BCUT2D eigenvalue weighted by Crippen LogP contribution is 2.22. The van der Waals surface area contributed by atoms with Crippen molar-refractivity contribution >= 4 is 20.6 Å². The molecule has 0 fully saturated rings. The minimum absolute atomic E-state index is 0.0741. The Bertz CT molecular complexity index is 979. The van der Waals surface area contributed by atoms with E-state index < -0.39 is 15.4 Å². The number of nitrogens with zero attached hydrogens (tertiary/aromatic N) is 1. The van der Waals surface area contributed by atoms with Crippen molar-refractivity contribution in [2.45, 2.75) is 9.92 Å². The molecule has 1 aromatic heterocycles. The molecule has 21 heavy (non-hydrogen) atoms. The van der Waals surface area contributed by atoms with Crippen LogP contribution in [0.2, 0.25) is 0 Å². The number of fused-ring (bicyclic) bond motifs is 1. The molecule has 0 unspecified atom stereocenters. The second-order valence-electron chi connectivity index (χ2n) is 4.42. The first-order valence-electron chi connectivity index (χ1n) is 6.08. The average Bonchev–Trinajstić information content (AvgIpc) is 2.51. The minimum Gasteiger partial charge on any atom is -0.380 e. The Kier molecular flexibility index (Phi) is 2.99. The normalized spacial score (nSPS) is 11.6. The van der Waals surface area contributed by atoms with Crippen molar-refractivity contribution in [2.75, 3.05) is 0 Å². The number of rotatable bonds is 2. The van der Waals surface area contributed by atoms with Crippen molar-refractivity contribution in [3.63, 3.8) is 0 Å². The first-order valence-corrected chi connectivity index (χ1v) is 7.56. The summed E-state index contributed by atoms with van der Waals surface area (Å²) >= 11 is 0. The van der Waals surface area contributed by atoms with Gasteiger partial charge in [0, 0.05) is 0 Å². The molecule has 3 rings (SSSR count). The molecule has 0 aliphatic heterocycles. The highest BCUT2D eigenvalue weighted by molar-refractivity contribution is 7.91. The summed E-state index contributed by atoms with van der Waals surface area (Å²) in [6, 6.07) is 14.0. The molecular weight excluding hydrogens is 292 g/mol. The van der Waals surface area contributed by atoms with E-state index in [1.807, 2.05) is 0 Å². The van der Waals surface area contributed by atoms with E-state index in [9.17, 15) is 18.4 Å². The third-order valence-corrected chi connectivity index (χ3v) is 4.87. The second kappa shape index (κ2) is 4.71. The maximum absolute atomic E-state index is 12.7. The van der Waals surface area contributed by atoms with Crippen molar-refractivity contribution in [1.29, 1.82) is 0 Å². The number of aromatic amines is 1.